The summed E-state index contributed by atoms with van der Waals surface area (Å²) in [5, 5.41) is 7.21. The van der Waals surface area contributed by atoms with Gasteiger partial charge >= 0.3 is 11.8 Å². The Bertz CT molecular complexity index is 837. The van der Waals surface area contributed by atoms with E-state index in [4.69, 9.17) is 27.9 Å². The topological polar surface area (TPSA) is 79.8 Å². The number of hydrazone groups is 1. The van der Waals surface area contributed by atoms with E-state index < -0.39 is 11.8 Å². The molecule has 0 saturated heterocycles. The predicted octanol–water partition coefficient (Wildman–Crippen LogP) is 3.55. The molecule has 0 radical (unpaired) electrons. The number of carbonyl (C=O) groups is 2. The fraction of sp³-hybridized carbons (Fsp3) is 0.211. The molecule has 0 spiro atoms. The lowest BCUT2D eigenvalue weighted by molar-refractivity contribution is -0.139. The fourth-order valence-corrected chi connectivity index (χ4v) is 2.31. The quantitative estimate of drug-likeness (QED) is 0.436. The van der Waals surface area contributed by atoms with Gasteiger partial charge in [0.2, 0.25) is 0 Å². The number of halogens is 2. The highest BCUT2D eigenvalue weighted by Gasteiger charge is 2.12. The molecule has 0 heterocycles. The number of amides is 2. The number of carbonyl (C=O) groups excluding carboxylic acids is 2. The van der Waals surface area contributed by atoms with Gasteiger partial charge in [0.05, 0.1) is 16.3 Å². The first-order chi connectivity index (χ1) is 12.8. The lowest BCUT2D eigenvalue weighted by Gasteiger charge is -2.07. The zero-order valence-corrected chi connectivity index (χ0v) is 16.3. The SMILES string of the molecule is CC(C)NC(=O)C(=O)N/N=C\c1ccc(OCc2ccc(Cl)c(Cl)c2)cc1. The lowest BCUT2D eigenvalue weighted by atomic mass is 10.2. The predicted molar refractivity (Wildman–Crippen MR) is 106 cm³/mol. The summed E-state index contributed by atoms with van der Waals surface area (Å²) in [5.74, 6) is -0.881. The molecule has 2 rings (SSSR count). The third-order valence-corrected chi connectivity index (χ3v) is 4.01. The molecule has 0 atom stereocenters. The summed E-state index contributed by atoms with van der Waals surface area (Å²) < 4.78 is 5.68. The van der Waals surface area contributed by atoms with Crippen molar-refractivity contribution in [1.29, 1.82) is 0 Å². The van der Waals surface area contributed by atoms with E-state index in [1.165, 1.54) is 6.21 Å². The van der Waals surface area contributed by atoms with E-state index in [2.05, 4.69) is 15.8 Å². The van der Waals surface area contributed by atoms with Gasteiger partial charge in [0, 0.05) is 6.04 Å². The zero-order valence-electron chi connectivity index (χ0n) is 14.8. The van der Waals surface area contributed by atoms with Gasteiger partial charge in [-0.05, 0) is 61.4 Å². The minimum atomic E-state index is -0.818. The van der Waals surface area contributed by atoms with Crippen LogP contribution in [0.25, 0.3) is 0 Å². The molecule has 27 heavy (non-hydrogen) atoms. The van der Waals surface area contributed by atoms with Gasteiger partial charge in [-0.15, -0.1) is 0 Å². The first kappa shape index (κ1) is 20.7. The van der Waals surface area contributed by atoms with Gasteiger partial charge in [0.25, 0.3) is 0 Å². The Morgan fingerprint density at radius 3 is 2.41 bits per heavy atom. The van der Waals surface area contributed by atoms with Crippen LogP contribution in [0.4, 0.5) is 0 Å². The molecule has 0 aliphatic rings. The number of hydrogen-bond donors (Lipinski definition) is 2. The second kappa shape index (κ2) is 9.94. The van der Waals surface area contributed by atoms with Crippen molar-refractivity contribution in [2.45, 2.75) is 26.5 Å². The molecule has 6 nitrogen and oxygen atoms in total. The van der Waals surface area contributed by atoms with Crippen molar-refractivity contribution in [3.8, 4) is 5.75 Å². The number of nitrogens with zero attached hydrogens (tertiary/aromatic N) is 1. The van der Waals surface area contributed by atoms with Crippen molar-refractivity contribution in [2.24, 2.45) is 5.10 Å². The molecule has 0 saturated carbocycles. The summed E-state index contributed by atoms with van der Waals surface area (Å²) in [6.45, 7) is 3.88. The smallest absolute Gasteiger partial charge is 0.329 e. The first-order valence-electron chi connectivity index (χ1n) is 8.16. The van der Waals surface area contributed by atoms with Crippen molar-refractivity contribution in [1.82, 2.24) is 10.7 Å². The van der Waals surface area contributed by atoms with Gasteiger partial charge in [-0.3, -0.25) is 9.59 Å². The van der Waals surface area contributed by atoms with Gasteiger partial charge in [0.15, 0.2) is 0 Å². The summed E-state index contributed by atoms with van der Waals surface area (Å²) in [5.41, 5.74) is 3.81. The maximum Gasteiger partial charge on any atom is 0.329 e. The second-order valence-corrected chi connectivity index (χ2v) is 6.75. The van der Waals surface area contributed by atoms with E-state index in [1.54, 1.807) is 50.2 Å². The molecule has 8 heteroatoms. The van der Waals surface area contributed by atoms with E-state index in [0.29, 0.717) is 22.4 Å². The Morgan fingerprint density at radius 1 is 1.07 bits per heavy atom. The fourth-order valence-electron chi connectivity index (χ4n) is 1.99. The van der Waals surface area contributed by atoms with E-state index in [9.17, 15) is 9.59 Å². The largest absolute Gasteiger partial charge is 0.489 e. The normalized spacial score (nSPS) is 10.9. The Balaban J connectivity index is 1.84. The molecule has 0 aliphatic heterocycles. The Labute approximate surface area is 167 Å². The van der Waals surface area contributed by atoms with E-state index in [-0.39, 0.29) is 6.04 Å². The summed E-state index contributed by atoms with van der Waals surface area (Å²) in [6.07, 6.45) is 1.43. The number of benzene rings is 2. The highest BCUT2D eigenvalue weighted by molar-refractivity contribution is 6.42. The lowest BCUT2D eigenvalue weighted by Crippen LogP contribution is -2.41. The number of hydrogen-bond acceptors (Lipinski definition) is 4. The van der Waals surface area contributed by atoms with Crippen molar-refractivity contribution >= 4 is 41.2 Å². The molecule has 142 valence electrons. The Morgan fingerprint density at radius 2 is 1.78 bits per heavy atom. The van der Waals surface area contributed by atoms with E-state index >= 15 is 0 Å². The van der Waals surface area contributed by atoms with Gasteiger partial charge in [-0.1, -0.05) is 29.3 Å². The minimum absolute atomic E-state index is 0.122. The van der Waals surface area contributed by atoms with Crippen molar-refractivity contribution in [2.75, 3.05) is 0 Å². The van der Waals surface area contributed by atoms with Crippen LogP contribution in [0.3, 0.4) is 0 Å². The molecular weight excluding hydrogens is 389 g/mol. The third-order valence-electron chi connectivity index (χ3n) is 3.28. The number of nitrogens with one attached hydrogen (secondary N) is 2. The average molecular weight is 408 g/mol. The van der Waals surface area contributed by atoms with Gasteiger partial charge < -0.3 is 10.1 Å². The number of rotatable bonds is 6. The third kappa shape index (κ3) is 6.92. The molecule has 2 aromatic rings. The Kier molecular flexibility index (Phi) is 7.64. The average Bonchev–Trinajstić information content (AvgIpc) is 2.63. The van der Waals surface area contributed by atoms with Crippen LogP contribution in [0, 0.1) is 0 Å². The summed E-state index contributed by atoms with van der Waals surface area (Å²) >= 11 is 11.9. The maximum absolute atomic E-state index is 11.5. The maximum atomic E-state index is 11.5. The molecule has 2 aromatic carbocycles. The van der Waals surface area contributed by atoms with Gasteiger partial charge in [0.1, 0.15) is 12.4 Å². The molecular formula is C19H19Cl2N3O3. The van der Waals surface area contributed by atoms with Gasteiger partial charge in [-0.25, -0.2) is 5.43 Å². The molecule has 0 fully saturated rings. The number of ether oxygens (including phenoxy) is 1. The first-order valence-corrected chi connectivity index (χ1v) is 8.91. The van der Waals surface area contributed by atoms with Crippen LogP contribution in [0.15, 0.2) is 47.6 Å². The molecule has 0 unspecified atom stereocenters. The van der Waals surface area contributed by atoms with Crippen LogP contribution in [-0.4, -0.2) is 24.1 Å². The van der Waals surface area contributed by atoms with E-state index in [0.717, 1.165) is 11.1 Å². The van der Waals surface area contributed by atoms with Gasteiger partial charge in [-0.2, -0.15) is 5.10 Å². The molecule has 2 amide bonds. The minimum Gasteiger partial charge on any atom is -0.489 e. The van der Waals surface area contributed by atoms with Crippen LogP contribution in [0.5, 0.6) is 5.75 Å². The van der Waals surface area contributed by atoms with Crippen molar-refractivity contribution in [3.05, 3.63) is 63.6 Å². The van der Waals surface area contributed by atoms with Crippen LogP contribution in [-0.2, 0) is 16.2 Å². The highest BCUT2D eigenvalue weighted by atomic mass is 35.5. The van der Waals surface area contributed by atoms with Crippen LogP contribution >= 0.6 is 23.2 Å². The molecule has 0 bridgehead atoms. The second-order valence-electron chi connectivity index (χ2n) is 5.93. The van der Waals surface area contributed by atoms with Crippen LogP contribution < -0.4 is 15.5 Å². The summed E-state index contributed by atoms with van der Waals surface area (Å²) in [7, 11) is 0. The van der Waals surface area contributed by atoms with E-state index in [1.807, 2.05) is 6.07 Å². The standard InChI is InChI=1S/C19H19Cl2N3O3/c1-12(2)23-18(25)19(26)24-22-10-13-3-6-15(7-4-13)27-11-14-5-8-16(20)17(21)9-14/h3-10,12H,11H2,1-2H3,(H,23,25)(H,24,26)/b22-10-. The molecule has 0 aliphatic carbocycles. The Hall–Kier alpha value is -2.57. The van der Waals surface area contributed by atoms with Crippen LogP contribution in [0.1, 0.15) is 25.0 Å². The highest BCUT2D eigenvalue weighted by Crippen LogP contribution is 2.23. The monoisotopic (exact) mass is 407 g/mol. The van der Waals surface area contributed by atoms with Crippen molar-refractivity contribution < 1.29 is 14.3 Å². The van der Waals surface area contributed by atoms with Crippen molar-refractivity contribution in [3.63, 3.8) is 0 Å². The summed E-state index contributed by atoms with van der Waals surface area (Å²) in [6, 6.07) is 12.3. The molecule has 2 N–H and O–H groups in total. The van der Waals surface area contributed by atoms with Crippen LogP contribution in [0.2, 0.25) is 10.0 Å². The summed E-state index contributed by atoms with van der Waals surface area (Å²) in [4.78, 5) is 23.0. The molecule has 0 aromatic heterocycles. The zero-order chi connectivity index (χ0) is 19.8.